The maximum absolute atomic E-state index is 10.7. The lowest BCUT2D eigenvalue weighted by Crippen LogP contribution is -1.98. The Morgan fingerprint density at radius 2 is 2.00 bits per heavy atom. The number of aldehydes is 1. The van der Waals surface area contributed by atoms with Crippen molar-refractivity contribution < 1.29 is 14.3 Å². The third-order valence-corrected chi connectivity index (χ3v) is 2.18. The minimum atomic E-state index is -0.140. The Balaban J connectivity index is 3.04. The lowest BCUT2D eigenvalue weighted by molar-refractivity contribution is -0.108. The monoisotopic (exact) mass is 208 g/mol. The highest BCUT2D eigenvalue weighted by Gasteiger charge is 2.08. The molecular formula is C12H16O3. The van der Waals surface area contributed by atoms with Crippen molar-refractivity contribution in [2.45, 2.75) is 19.8 Å². The van der Waals surface area contributed by atoms with Gasteiger partial charge in [-0.2, -0.15) is 0 Å². The van der Waals surface area contributed by atoms with Crippen molar-refractivity contribution >= 4 is 6.29 Å². The Morgan fingerprint density at radius 1 is 1.33 bits per heavy atom. The highest BCUT2D eigenvalue weighted by Crippen LogP contribution is 2.26. The van der Waals surface area contributed by atoms with Crippen molar-refractivity contribution in [2.24, 2.45) is 0 Å². The second kappa shape index (κ2) is 5.39. The predicted molar refractivity (Wildman–Crippen MR) is 58.6 cm³/mol. The van der Waals surface area contributed by atoms with Gasteiger partial charge in [-0.05, 0) is 24.6 Å². The van der Waals surface area contributed by atoms with Gasteiger partial charge in [0.25, 0.3) is 0 Å². The number of hydrogen-bond acceptors (Lipinski definition) is 3. The Labute approximate surface area is 90.0 Å². The lowest BCUT2D eigenvalue weighted by atomic mass is 10.0. The molecule has 0 saturated heterocycles. The third kappa shape index (κ3) is 2.98. The van der Waals surface area contributed by atoms with Crippen molar-refractivity contribution in [3.8, 4) is 11.5 Å². The molecule has 1 aromatic rings. The molecule has 0 fully saturated rings. The Bertz CT molecular complexity index is 334. The number of carbonyl (C=O) groups is 1. The molecule has 0 amide bonds. The van der Waals surface area contributed by atoms with Gasteiger partial charge in [0, 0.05) is 12.0 Å². The van der Waals surface area contributed by atoms with E-state index in [0.29, 0.717) is 12.4 Å². The molecule has 1 unspecified atom stereocenters. The number of methoxy groups -OCH3 is 1. The average molecular weight is 208 g/mol. The first kappa shape index (κ1) is 11.6. The summed E-state index contributed by atoms with van der Waals surface area (Å²) >= 11 is 0. The smallest absolute Gasteiger partial charge is 0.127 e. The molecule has 0 bridgehead atoms. The molecule has 0 aliphatic rings. The Hall–Kier alpha value is -1.51. The summed E-state index contributed by atoms with van der Waals surface area (Å²) in [6.07, 6.45) is 0.907. The standard InChI is InChI=1S/C12H16O3/c1-4-15-12-6-10(9(2)8-13)5-11(7-12)14-3/h5-9H,4H2,1-3H3. The molecule has 0 N–H and O–H groups in total. The van der Waals surface area contributed by atoms with Crippen LogP contribution in [0.1, 0.15) is 25.3 Å². The lowest BCUT2D eigenvalue weighted by Gasteiger charge is -2.11. The minimum absolute atomic E-state index is 0.140. The number of benzene rings is 1. The van der Waals surface area contributed by atoms with Crippen LogP contribution in [0.3, 0.4) is 0 Å². The second-order valence-corrected chi connectivity index (χ2v) is 3.30. The van der Waals surface area contributed by atoms with Crippen molar-refractivity contribution in [3.05, 3.63) is 23.8 Å². The Morgan fingerprint density at radius 3 is 2.53 bits per heavy atom. The molecule has 0 spiro atoms. The van der Waals surface area contributed by atoms with Gasteiger partial charge in [0.2, 0.25) is 0 Å². The molecule has 0 aromatic heterocycles. The maximum Gasteiger partial charge on any atom is 0.127 e. The van der Waals surface area contributed by atoms with Gasteiger partial charge in [-0.15, -0.1) is 0 Å². The highest BCUT2D eigenvalue weighted by atomic mass is 16.5. The van der Waals surface area contributed by atoms with Crippen molar-refractivity contribution in [3.63, 3.8) is 0 Å². The van der Waals surface area contributed by atoms with Crippen LogP contribution >= 0.6 is 0 Å². The summed E-state index contributed by atoms with van der Waals surface area (Å²) in [6.45, 7) is 4.36. The van der Waals surface area contributed by atoms with E-state index < -0.39 is 0 Å². The van der Waals surface area contributed by atoms with Crippen LogP contribution in [-0.2, 0) is 4.79 Å². The van der Waals surface area contributed by atoms with Crippen LogP contribution in [0.2, 0.25) is 0 Å². The van der Waals surface area contributed by atoms with Gasteiger partial charge < -0.3 is 14.3 Å². The van der Waals surface area contributed by atoms with E-state index in [9.17, 15) is 4.79 Å². The van der Waals surface area contributed by atoms with Crippen molar-refractivity contribution in [1.82, 2.24) is 0 Å². The van der Waals surface area contributed by atoms with E-state index >= 15 is 0 Å². The SMILES string of the molecule is CCOc1cc(OC)cc(C(C)C=O)c1. The number of rotatable bonds is 5. The molecule has 0 heterocycles. The summed E-state index contributed by atoms with van der Waals surface area (Å²) in [7, 11) is 1.60. The van der Waals surface area contributed by atoms with Crippen molar-refractivity contribution in [1.29, 1.82) is 0 Å². The fourth-order valence-electron chi connectivity index (χ4n) is 1.30. The highest BCUT2D eigenvalue weighted by molar-refractivity contribution is 5.62. The molecule has 82 valence electrons. The van der Waals surface area contributed by atoms with Gasteiger partial charge in [-0.1, -0.05) is 6.92 Å². The summed E-state index contributed by atoms with van der Waals surface area (Å²) in [5.74, 6) is 1.31. The first-order valence-electron chi connectivity index (χ1n) is 4.98. The van der Waals surface area contributed by atoms with Gasteiger partial charge in [-0.25, -0.2) is 0 Å². The van der Waals surface area contributed by atoms with Crippen LogP contribution in [0, 0.1) is 0 Å². The van der Waals surface area contributed by atoms with E-state index in [4.69, 9.17) is 9.47 Å². The predicted octanol–water partition coefficient (Wildman–Crippen LogP) is 2.40. The van der Waals surface area contributed by atoms with Crippen LogP contribution in [-0.4, -0.2) is 20.0 Å². The Kier molecular flexibility index (Phi) is 4.16. The van der Waals surface area contributed by atoms with E-state index in [1.807, 2.05) is 32.0 Å². The average Bonchev–Trinajstić information content (AvgIpc) is 2.28. The molecule has 0 aliphatic heterocycles. The zero-order chi connectivity index (χ0) is 11.3. The van der Waals surface area contributed by atoms with Crippen LogP contribution in [0.5, 0.6) is 11.5 Å². The van der Waals surface area contributed by atoms with Gasteiger partial charge in [-0.3, -0.25) is 0 Å². The molecule has 15 heavy (non-hydrogen) atoms. The summed E-state index contributed by atoms with van der Waals surface area (Å²) in [5.41, 5.74) is 0.910. The van der Waals surface area contributed by atoms with Crippen molar-refractivity contribution in [2.75, 3.05) is 13.7 Å². The van der Waals surface area contributed by atoms with Crippen LogP contribution in [0.4, 0.5) is 0 Å². The van der Waals surface area contributed by atoms with Gasteiger partial charge in [0.05, 0.1) is 13.7 Å². The van der Waals surface area contributed by atoms with Crippen LogP contribution < -0.4 is 9.47 Å². The fraction of sp³-hybridized carbons (Fsp3) is 0.417. The summed E-state index contributed by atoms with van der Waals surface area (Å²) < 4.78 is 10.5. The quantitative estimate of drug-likeness (QED) is 0.697. The second-order valence-electron chi connectivity index (χ2n) is 3.30. The number of carbonyl (C=O) groups excluding carboxylic acids is 1. The molecule has 0 saturated carbocycles. The van der Waals surface area contributed by atoms with E-state index in [-0.39, 0.29) is 5.92 Å². The third-order valence-electron chi connectivity index (χ3n) is 2.18. The summed E-state index contributed by atoms with van der Waals surface area (Å²) in [5, 5.41) is 0. The first-order valence-corrected chi connectivity index (χ1v) is 4.98. The zero-order valence-corrected chi connectivity index (χ0v) is 9.32. The zero-order valence-electron chi connectivity index (χ0n) is 9.32. The maximum atomic E-state index is 10.7. The largest absolute Gasteiger partial charge is 0.497 e. The van der Waals surface area contributed by atoms with E-state index in [2.05, 4.69) is 0 Å². The summed E-state index contributed by atoms with van der Waals surface area (Å²) in [4.78, 5) is 10.7. The van der Waals surface area contributed by atoms with E-state index in [1.54, 1.807) is 7.11 Å². The molecule has 1 atom stereocenters. The molecule has 0 aliphatic carbocycles. The van der Waals surface area contributed by atoms with E-state index in [1.165, 1.54) is 0 Å². The van der Waals surface area contributed by atoms with Gasteiger partial charge >= 0.3 is 0 Å². The molecule has 3 heteroatoms. The normalized spacial score (nSPS) is 11.9. The molecule has 1 aromatic carbocycles. The molecule has 0 radical (unpaired) electrons. The first-order chi connectivity index (χ1) is 7.21. The van der Waals surface area contributed by atoms with E-state index in [0.717, 1.165) is 17.6 Å². The van der Waals surface area contributed by atoms with Crippen LogP contribution in [0.25, 0.3) is 0 Å². The number of ether oxygens (including phenoxy) is 2. The number of hydrogen-bond donors (Lipinski definition) is 0. The molecule has 1 rings (SSSR count). The minimum Gasteiger partial charge on any atom is -0.497 e. The van der Waals surface area contributed by atoms with Gasteiger partial charge in [0.1, 0.15) is 17.8 Å². The topological polar surface area (TPSA) is 35.5 Å². The summed E-state index contributed by atoms with van der Waals surface area (Å²) in [6, 6.07) is 5.52. The van der Waals surface area contributed by atoms with Crippen LogP contribution in [0.15, 0.2) is 18.2 Å². The fourth-order valence-corrected chi connectivity index (χ4v) is 1.30. The molecule has 3 nitrogen and oxygen atoms in total. The van der Waals surface area contributed by atoms with Gasteiger partial charge in [0.15, 0.2) is 0 Å². The molecular weight excluding hydrogens is 192 g/mol.